The van der Waals surface area contributed by atoms with Crippen molar-refractivity contribution in [1.82, 2.24) is 0 Å². The van der Waals surface area contributed by atoms with Crippen molar-refractivity contribution in [3.63, 3.8) is 0 Å². The average Bonchev–Trinajstić information content (AvgIpc) is 3.01. The van der Waals surface area contributed by atoms with E-state index in [2.05, 4.69) is 4.74 Å². The summed E-state index contributed by atoms with van der Waals surface area (Å²) in [6.07, 6.45) is 0.552. The van der Waals surface area contributed by atoms with E-state index in [0.717, 1.165) is 28.2 Å². The van der Waals surface area contributed by atoms with Gasteiger partial charge in [0.2, 0.25) is 5.91 Å². The summed E-state index contributed by atoms with van der Waals surface area (Å²) in [6.45, 7) is 0. The third-order valence-electron chi connectivity index (χ3n) is 4.61. The van der Waals surface area contributed by atoms with Crippen LogP contribution in [0, 0.1) is 12.3 Å². The smallest absolute Gasteiger partial charge is 0.406 e. The number of alkyl halides is 3. The van der Waals surface area contributed by atoms with Gasteiger partial charge in [-0.3, -0.25) is 14.5 Å². The number of benzene rings is 2. The van der Waals surface area contributed by atoms with Crippen LogP contribution in [0.2, 0.25) is 0 Å². The van der Waals surface area contributed by atoms with Gasteiger partial charge in [0.15, 0.2) is 0 Å². The highest BCUT2D eigenvalue weighted by Crippen LogP contribution is 2.39. The van der Waals surface area contributed by atoms with E-state index in [1.165, 1.54) is 12.1 Å². The first-order valence-electron chi connectivity index (χ1n) is 8.19. The molecule has 0 radical (unpaired) electrons. The number of carbonyl (C=O) groups excluding carboxylic acids is 2. The molecule has 0 spiro atoms. The molecule has 0 unspecified atom stereocenters. The number of ether oxygens (including phenoxy) is 1. The summed E-state index contributed by atoms with van der Waals surface area (Å²) >= 11 is 0. The zero-order valence-electron chi connectivity index (χ0n) is 14.5. The lowest BCUT2D eigenvalue weighted by Crippen LogP contribution is -2.61. The number of nitrogens with zero attached hydrogens (tertiary/aromatic N) is 1. The van der Waals surface area contributed by atoms with Crippen molar-refractivity contribution in [1.29, 1.82) is 0 Å². The van der Waals surface area contributed by atoms with E-state index in [1.807, 2.05) is 5.92 Å². The first kappa shape index (κ1) is 19.3. The predicted octanol–water partition coefficient (Wildman–Crippen LogP) is 2.57. The molecule has 2 aromatic rings. The van der Waals surface area contributed by atoms with Gasteiger partial charge in [0.1, 0.15) is 11.3 Å². The van der Waals surface area contributed by atoms with Gasteiger partial charge in [0.05, 0.1) is 0 Å². The summed E-state index contributed by atoms with van der Waals surface area (Å²) in [5.41, 5.74) is 5.72. The van der Waals surface area contributed by atoms with Crippen LogP contribution in [0.15, 0.2) is 48.5 Å². The number of halogens is 3. The molecule has 5 nitrogen and oxygen atoms in total. The fourth-order valence-corrected chi connectivity index (χ4v) is 3.48. The third kappa shape index (κ3) is 3.51. The lowest BCUT2D eigenvalue weighted by Gasteiger charge is -2.37. The molecule has 1 aliphatic rings. The lowest BCUT2D eigenvalue weighted by molar-refractivity contribution is -0.274. The number of terminal acetylenes is 1. The lowest BCUT2D eigenvalue weighted by atomic mass is 9.91. The Morgan fingerprint density at radius 2 is 1.71 bits per heavy atom. The van der Waals surface area contributed by atoms with Crippen molar-refractivity contribution >= 4 is 17.5 Å². The number of rotatable bonds is 4. The predicted molar refractivity (Wildman–Crippen MR) is 95.2 cm³/mol. The van der Waals surface area contributed by atoms with Crippen molar-refractivity contribution in [2.45, 2.75) is 24.7 Å². The first-order valence-corrected chi connectivity index (χ1v) is 8.19. The fraction of sp³-hybridized carbons (Fsp3) is 0.200. The van der Waals surface area contributed by atoms with E-state index < -0.39 is 29.5 Å². The van der Waals surface area contributed by atoms with Gasteiger partial charge in [0, 0.05) is 24.6 Å². The van der Waals surface area contributed by atoms with Gasteiger partial charge in [-0.25, -0.2) is 0 Å². The SMILES string of the molecule is C#CC(=O)N(c1cccc(OC(F)(F)F)c1)C1(C(N)=O)Cc2ccccc2C1. The zero-order valence-corrected chi connectivity index (χ0v) is 14.5. The van der Waals surface area contributed by atoms with Crippen molar-refractivity contribution < 1.29 is 27.5 Å². The summed E-state index contributed by atoms with van der Waals surface area (Å²) in [6, 6.07) is 11.9. The maximum absolute atomic E-state index is 12.6. The van der Waals surface area contributed by atoms with Gasteiger partial charge in [-0.2, -0.15) is 0 Å². The quantitative estimate of drug-likeness (QED) is 0.819. The molecule has 0 atom stereocenters. The average molecular weight is 388 g/mol. The molecule has 0 aromatic heterocycles. The van der Waals surface area contributed by atoms with Gasteiger partial charge in [0.25, 0.3) is 0 Å². The molecule has 0 heterocycles. The number of primary amides is 1. The van der Waals surface area contributed by atoms with Crippen LogP contribution in [0.1, 0.15) is 11.1 Å². The number of hydrogen-bond acceptors (Lipinski definition) is 3. The van der Waals surface area contributed by atoms with Crippen LogP contribution >= 0.6 is 0 Å². The summed E-state index contributed by atoms with van der Waals surface area (Å²) < 4.78 is 41.6. The van der Waals surface area contributed by atoms with E-state index in [-0.39, 0.29) is 18.5 Å². The summed E-state index contributed by atoms with van der Waals surface area (Å²) in [4.78, 5) is 26.0. The Morgan fingerprint density at radius 1 is 1.11 bits per heavy atom. The van der Waals surface area contributed by atoms with Gasteiger partial charge in [-0.15, -0.1) is 19.6 Å². The molecule has 8 heteroatoms. The Balaban J connectivity index is 2.11. The fourth-order valence-electron chi connectivity index (χ4n) is 3.48. The Hall–Kier alpha value is -3.47. The molecule has 2 amide bonds. The van der Waals surface area contributed by atoms with Gasteiger partial charge >= 0.3 is 12.3 Å². The number of anilines is 1. The van der Waals surface area contributed by atoms with Crippen LogP contribution < -0.4 is 15.4 Å². The molecular weight excluding hydrogens is 373 g/mol. The minimum atomic E-state index is -4.91. The van der Waals surface area contributed by atoms with Crippen LogP contribution in [0.3, 0.4) is 0 Å². The highest BCUT2D eigenvalue weighted by atomic mass is 19.4. The van der Waals surface area contributed by atoms with E-state index >= 15 is 0 Å². The minimum Gasteiger partial charge on any atom is -0.406 e. The zero-order chi connectivity index (χ0) is 20.5. The third-order valence-corrected chi connectivity index (χ3v) is 4.61. The Labute approximate surface area is 158 Å². The van der Waals surface area contributed by atoms with E-state index in [4.69, 9.17) is 12.2 Å². The Bertz CT molecular complexity index is 954. The van der Waals surface area contributed by atoms with Crippen LogP contribution in [-0.4, -0.2) is 23.7 Å². The second-order valence-corrected chi connectivity index (χ2v) is 6.35. The molecule has 3 rings (SSSR count). The highest BCUT2D eigenvalue weighted by Gasteiger charge is 2.50. The molecular formula is C20H15F3N2O3. The normalized spacial score (nSPS) is 14.6. The molecule has 0 bridgehead atoms. The van der Waals surface area contributed by atoms with Crippen LogP contribution in [0.5, 0.6) is 5.75 Å². The van der Waals surface area contributed by atoms with E-state index in [1.54, 1.807) is 24.3 Å². The first-order chi connectivity index (χ1) is 13.2. The number of nitrogens with two attached hydrogens (primary N) is 1. The van der Waals surface area contributed by atoms with Crippen molar-refractivity contribution in [3.8, 4) is 18.1 Å². The second-order valence-electron chi connectivity index (χ2n) is 6.35. The maximum atomic E-state index is 12.6. The highest BCUT2D eigenvalue weighted by molar-refractivity contribution is 6.11. The molecule has 0 saturated heterocycles. The number of hydrogen-bond donors (Lipinski definition) is 1. The molecule has 0 aliphatic heterocycles. The second kappa shape index (κ2) is 6.93. The molecule has 2 aromatic carbocycles. The number of carbonyl (C=O) groups is 2. The van der Waals surface area contributed by atoms with E-state index in [9.17, 15) is 22.8 Å². The van der Waals surface area contributed by atoms with Crippen molar-refractivity contribution in [3.05, 3.63) is 59.7 Å². The van der Waals surface area contributed by atoms with Gasteiger partial charge < -0.3 is 10.5 Å². The maximum Gasteiger partial charge on any atom is 0.573 e. The minimum absolute atomic E-state index is 0.0173. The standard InChI is InChI=1S/C20H15F3N2O3/c1-2-17(26)25(15-8-5-9-16(10-15)28-20(21,22)23)19(18(24)27)11-13-6-3-4-7-14(13)12-19/h1,3-10H,11-12H2,(H2,24,27). The molecule has 1 aliphatic carbocycles. The van der Waals surface area contributed by atoms with Crippen molar-refractivity contribution in [2.24, 2.45) is 5.73 Å². The van der Waals surface area contributed by atoms with Crippen LogP contribution in [-0.2, 0) is 22.4 Å². The number of fused-ring (bicyclic) bond motifs is 1. The van der Waals surface area contributed by atoms with Gasteiger partial charge in [-0.1, -0.05) is 30.3 Å². The molecule has 144 valence electrons. The monoisotopic (exact) mass is 388 g/mol. The summed E-state index contributed by atoms with van der Waals surface area (Å²) in [5.74, 6) is -0.319. The molecule has 0 saturated carbocycles. The summed E-state index contributed by atoms with van der Waals surface area (Å²) in [5, 5.41) is 0. The van der Waals surface area contributed by atoms with E-state index in [0.29, 0.717) is 0 Å². The van der Waals surface area contributed by atoms with Gasteiger partial charge in [-0.05, 0) is 29.2 Å². The molecule has 0 fully saturated rings. The Morgan fingerprint density at radius 3 is 2.21 bits per heavy atom. The molecule has 28 heavy (non-hydrogen) atoms. The van der Waals surface area contributed by atoms with Crippen LogP contribution in [0.4, 0.5) is 18.9 Å². The topological polar surface area (TPSA) is 72.6 Å². The van der Waals surface area contributed by atoms with Crippen molar-refractivity contribution in [2.75, 3.05) is 4.90 Å². The van der Waals surface area contributed by atoms with Crippen LogP contribution in [0.25, 0.3) is 0 Å². The number of amides is 2. The molecule has 2 N–H and O–H groups in total. The largest absolute Gasteiger partial charge is 0.573 e. The summed E-state index contributed by atoms with van der Waals surface area (Å²) in [7, 11) is 0. The Kier molecular flexibility index (Phi) is 4.77.